The standard InChI is InChI=1S/C15H16N4O2/c20-14(12-4-1-6-16-10-12)19-9-2-5-13(11-19)21-15-17-7-3-8-18-15/h1,3-4,6-8,10,13H,2,5,9,11H2. The smallest absolute Gasteiger partial charge is 0.316 e. The van der Waals surface area contributed by atoms with Gasteiger partial charge >= 0.3 is 6.01 Å². The monoisotopic (exact) mass is 284 g/mol. The summed E-state index contributed by atoms with van der Waals surface area (Å²) < 4.78 is 5.74. The minimum absolute atomic E-state index is 0.00891. The fourth-order valence-electron chi connectivity index (χ4n) is 2.39. The number of hydrogen-bond donors (Lipinski definition) is 0. The molecule has 2 aromatic rings. The molecular weight excluding hydrogens is 268 g/mol. The van der Waals surface area contributed by atoms with Crippen molar-refractivity contribution < 1.29 is 9.53 Å². The summed E-state index contributed by atoms with van der Waals surface area (Å²) >= 11 is 0. The maximum absolute atomic E-state index is 12.4. The van der Waals surface area contributed by atoms with Gasteiger partial charge in [-0.15, -0.1) is 0 Å². The molecule has 1 saturated heterocycles. The zero-order valence-electron chi connectivity index (χ0n) is 11.6. The molecule has 0 N–H and O–H groups in total. The van der Waals surface area contributed by atoms with E-state index < -0.39 is 0 Å². The first-order chi connectivity index (χ1) is 10.3. The molecule has 0 aromatic carbocycles. The SMILES string of the molecule is O=C(c1cccnc1)N1CCCC(Oc2ncccn2)C1. The normalized spacial score (nSPS) is 18.3. The molecule has 108 valence electrons. The van der Waals surface area contributed by atoms with Gasteiger partial charge in [0.15, 0.2) is 0 Å². The second-order valence-electron chi connectivity index (χ2n) is 4.91. The van der Waals surface area contributed by atoms with Crippen LogP contribution in [0.25, 0.3) is 0 Å². The van der Waals surface area contributed by atoms with Crippen LogP contribution in [0.3, 0.4) is 0 Å². The maximum Gasteiger partial charge on any atom is 0.316 e. The summed E-state index contributed by atoms with van der Waals surface area (Å²) in [5.41, 5.74) is 0.606. The number of aromatic nitrogens is 3. The average molecular weight is 284 g/mol. The molecule has 1 aliphatic heterocycles. The van der Waals surface area contributed by atoms with E-state index in [1.807, 2.05) is 0 Å². The molecule has 1 aliphatic rings. The van der Waals surface area contributed by atoms with Crippen LogP contribution in [-0.2, 0) is 0 Å². The quantitative estimate of drug-likeness (QED) is 0.855. The van der Waals surface area contributed by atoms with Crippen LogP contribution in [-0.4, -0.2) is 45.0 Å². The van der Waals surface area contributed by atoms with Gasteiger partial charge in [-0.25, -0.2) is 9.97 Å². The summed E-state index contributed by atoms with van der Waals surface area (Å²) in [4.78, 5) is 26.3. The highest BCUT2D eigenvalue weighted by atomic mass is 16.5. The number of amides is 1. The second-order valence-corrected chi connectivity index (χ2v) is 4.91. The third-order valence-electron chi connectivity index (χ3n) is 3.39. The molecule has 21 heavy (non-hydrogen) atoms. The van der Waals surface area contributed by atoms with Gasteiger partial charge < -0.3 is 9.64 Å². The first kappa shape index (κ1) is 13.5. The van der Waals surface area contributed by atoms with Crippen molar-refractivity contribution in [2.24, 2.45) is 0 Å². The maximum atomic E-state index is 12.4. The van der Waals surface area contributed by atoms with Gasteiger partial charge in [0, 0.05) is 31.3 Å². The van der Waals surface area contributed by atoms with Gasteiger partial charge in [-0.2, -0.15) is 0 Å². The van der Waals surface area contributed by atoms with E-state index in [2.05, 4.69) is 15.0 Å². The summed E-state index contributed by atoms with van der Waals surface area (Å²) in [5, 5.41) is 0. The number of likely N-dealkylation sites (tertiary alicyclic amines) is 1. The Morgan fingerprint density at radius 2 is 2.10 bits per heavy atom. The lowest BCUT2D eigenvalue weighted by Gasteiger charge is -2.32. The molecule has 6 heteroatoms. The number of piperidine rings is 1. The lowest BCUT2D eigenvalue weighted by atomic mass is 10.1. The topological polar surface area (TPSA) is 68.2 Å². The van der Waals surface area contributed by atoms with E-state index in [-0.39, 0.29) is 12.0 Å². The largest absolute Gasteiger partial charge is 0.458 e. The second kappa shape index (κ2) is 6.30. The van der Waals surface area contributed by atoms with Crippen molar-refractivity contribution in [3.63, 3.8) is 0 Å². The Kier molecular flexibility index (Phi) is 4.04. The first-order valence-corrected chi connectivity index (χ1v) is 6.96. The van der Waals surface area contributed by atoms with Gasteiger partial charge in [-0.1, -0.05) is 0 Å². The Morgan fingerprint density at radius 1 is 1.24 bits per heavy atom. The van der Waals surface area contributed by atoms with Gasteiger partial charge in [0.05, 0.1) is 12.1 Å². The lowest BCUT2D eigenvalue weighted by molar-refractivity contribution is 0.0515. The zero-order chi connectivity index (χ0) is 14.5. The van der Waals surface area contributed by atoms with Crippen LogP contribution in [0.15, 0.2) is 43.0 Å². The van der Waals surface area contributed by atoms with Gasteiger partial charge in [-0.05, 0) is 31.0 Å². The first-order valence-electron chi connectivity index (χ1n) is 6.96. The van der Waals surface area contributed by atoms with Crippen molar-refractivity contribution in [3.05, 3.63) is 48.5 Å². The highest BCUT2D eigenvalue weighted by Crippen LogP contribution is 2.17. The average Bonchev–Trinajstić information content (AvgIpc) is 2.56. The van der Waals surface area contributed by atoms with E-state index in [0.717, 1.165) is 19.4 Å². The third-order valence-corrected chi connectivity index (χ3v) is 3.39. The minimum Gasteiger partial charge on any atom is -0.458 e. The van der Waals surface area contributed by atoms with Gasteiger partial charge in [-0.3, -0.25) is 9.78 Å². The molecule has 3 heterocycles. The van der Waals surface area contributed by atoms with Crippen molar-refractivity contribution in [1.82, 2.24) is 19.9 Å². The Balaban J connectivity index is 1.64. The predicted octanol–water partition coefficient (Wildman–Crippen LogP) is 1.56. The molecule has 0 aliphatic carbocycles. The predicted molar refractivity (Wildman–Crippen MR) is 75.8 cm³/mol. The number of carbonyl (C=O) groups is 1. The van der Waals surface area contributed by atoms with E-state index in [1.165, 1.54) is 0 Å². The van der Waals surface area contributed by atoms with Gasteiger partial charge in [0.25, 0.3) is 5.91 Å². The Hall–Kier alpha value is -2.50. The van der Waals surface area contributed by atoms with Crippen LogP contribution in [0.4, 0.5) is 0 Å². The molecule has 2 aromatic heterocycles. The highest BCUT2D eigenvalue weighted by molar-refractivity contribution is 5.93. The zero-order valence-corrected chi connectivity index (χ0v) is 11.6. The molecule has 6 nitrogen and oxygen atoms in total. The highest BCUT2D eigenvalue weighted by Gasteiger charge is 2.26. The van der Waals surface area contributed by atoms with Crippen LogP contribution < -0.4 is 4.74 Å². The van der Waals surface area contributed by atoms with E-state index in [4.69, 9.17) is 4.74 Å². The fourth-order valence-corrected chi connectivity index (χ4v) is 2.39. The number of rotatable bonds is 3. The Labute approximate surface area is 122 Å². The van der Waals surface area contributed by atoms with E-state index in [0.29, 0.717) is 18.1 Å². The summed E-state index contributed by atoms with van der Waals surface area (Å²) in [7, 11) is 0. The summed E-state index contributed by atoms with van der Waals surface area (Å²) in [6.07, 6.45) is 8.27. The van der Waals surface area contributed by atoms with Crippen molar-refractivity contribution in [3.8, 4) is 6.01 Å². The lowest BCUT2D eigenvalue weighted by Crippen LogP contribution is -2.44. The summed E-state index contributed by atoms with van der Waals surface area (Å²) in [5.74, 6) is -0.00891. The molecule has 1 unspecified atom stereocenters. The van der Waals surface area contributed by atoms with Crippen LogP contribution >= 0.6 is 0 Å². The van der Waals surface area contributed by atoms with E-state index in [9.17, 15) is 4.79 Å². The summed E-state index contributed by atoms with van der Waals surface area (Å²) in [6, 6.07) is 5.65. The van der Waals surface area contributed by atoms with Crippen molar-refractivity contribution >= 4 is 5.91 Å². The van der Waals surface area contributed by atoms with Crippen molar-refractivity contribution in [2.45, 2.75) is 18.9 Å². The molecule has 1 atom stereocenters. The number of ether oxygens (including phenoxy) is 1. The van der Waals surface area contributed by atoms with Crippen molar-refractivity contribution in [1.29, 1.82) is 0 Å². The van der Waals surface area contributed by atoms with Gasteiger partial charge in [0.2, 0.25) is 0 Å². The van der Waals surface area contributed by atoms with E-state index in [1.54, 1.807) is 47.9 Å². The molecule has 0 spiro atoms. The van der Waals surface area contributed by atoms with Crippen LogP contribution in [0.1, 0.15) is 23.2 Å². The van der Waals surface area contributed by atoms with Gasteiger partial charge in [0.1, 0.15) is 6.10 Å². The number of nitrogens with zero attached hydrogens (tertiary/aromatic N) is 4. The van der Waals surface area contributed by atoms with E-state index >= 15 is 0 Å². The Bertz CT molecular complexity index is 591. The molecular formula is C15H16N4O2. The summed E-state index contributed by atoms with van der Waals surface area (Å²) in [6.45, 7) is 1.29. The Morgan fingerprint density at radius 3 is 2.86 bits per heavy atom. The number of hydrogen-bond acceptors (Lipinski definition) is 5. The number of carbonyl (C=O) groups excluding carboxylic acids is 1. The molecule has 1 fully saturated rings. The van der Waals surface area contributed by atoms with Crippen LogP contribution in [0.2, 0.25) is 0 Å². The molecule has 0 bridgehead atoms. The number of pyridine rings is 1. The molecule has 3 rings (SSSR count). The minimum atomic E-state index is -0.0678. The molecule has 1 amide bonds. The third kappa shape index (κ3) is 3.34. The van der Waals surface area contributed by atoms with Crippen LogP contribution in [0.5, 0.6) is 6.01 Å². The van der Waals surface area contributed by atoms with Crippen molar-refractivity contribution in [2.75, 3.05) is 13.1 Å². The molecule has 0 saturated carbocycles. The molecule has 0 radical (unpaired) electrons. The van der Waals surface area contributed by atoms with Crippen LogP contribution in [0, 0.1) is 0 Å². The fraction of sp³-hybridized carbons (Fsp3) is 0.333.